The lowest BCUT2D eigenvalue weighted by atomic mass is 9.73. The van der Waals surface area contributed by atoms with Gasteiger partial charge in [-0.1, -0.05) is 0 Å². The molecule has 0 unspecified atom stereocenters. The van der Waals surface area contributed by atoms with Crippen molar-refractivity contribution in [2.24, 2.45) is 5.41 Å². The Hall–Kier alpha value is -1.20. The molecule has 98 valence electrons. The van der Waals surface area contributed by atoms with E-state index in [9.17, 15) is 0 Å². The van der Waals surface area contributed by atoms with Crippen LogP contribution in [-0.4, -0.2) is 43.3 Å². The summed E-state index contributed by atoms with van der Waals surface area (Å²) in [7, 11) is 1.69. The lowest BCUT2D eigenvalue weighted by Crippen LogP contribution is -2.58. The molecule has 0 saturated carbocycles. The molecule has 0 amide bonds. The van der Waals surface area contributed by atoms with Crippen molar-refractivity contribution in [3.63, 3.8) is 0 Å². The lowest BCUT2D eigenvalue weighted by Gasteiger charge is -2.48. The number of hydrogen-bond acceptors (Lipinski definition) is 5. The first-order valence-corrected chi connectivity index (χ1v) is 6.58. The van der Waals surface area contributed by atoms with Crippen molar-refractivity contribution in [1.82, 2.24) is 15.3 Å². The summed E-state index contributed by atoms with van der Waals surface area (Å²) in [5.41, 5.74) is 1.52. The van der Waals surface area contributed by atoms with Gasteiger partial charge in [-0.3, -0.25) is 0 Å². The van der Waals surface area contributed by atoms with Crippen molar-refractivity contribution in [2.45, 2.75) is 19.4 Å². The molecule has 0 aliphatic carbocycles. The molecule has 0 atom stereocenters. The zero-order chi connectivity index (χ0) is 12.4. The van der Waals surface area contributed by atoms with E-state index in [4.69, 9.17) is 4.74 Å². The Morgan fingerprint density at radius 2 is 2.17 bits per heavy atom. The molecule has 1 spiro atoms. The van der Waals surface area contributed by atoms with Gasteiger partial charge < -0.3 is 15.0 Å². The predicted molar refractivity (Wildman–Crippen MR) is 69.5 cm³/mol. The predicted octanol–water partition coefficient (Wildman–Crippen LogP) is 0.813. The first-order valence-electron chi connectivity index (χ1n) is 6.58. The van der Waals surface area contributed by atoms with Gasteiger partial charge in [0.1, 0.15) is 0 Å². The van der Waals surface area contributed by atoms with Crippen molar-refractivity contribution in [1.29, 1.82) is 0 Å². The highest BCUT2D eigenvalue weighted by atomic mass is 16.5. The number of piperidine rings is 1. The number of hydrogen-bond donors (Lipinski definition) is 1. The SMILES string of the molecule is COCc1ccnc(N2CCC3(CC2)CNC3)n1. The van der Waals surface area contributed by atoms with Crippen LogP contribution in [0.1, 0.15) is 18.5 Å². The molecule has 1 aromatic heterocycles. The molecule has 0 bridgehead atoms. The van der Waals surface area contributed by atoms with Crippen molar-refractivity contribution in [3.05, 3.63) is 18.0 Å². The Morgan fingerprint density at radius 1 is 1.39 bits per heavy atom. The normalized spacial score (nSPS) is 21.9. The summed E-state index contributed by atoms with van der Waals surface area (Å²) < 4.78 is 5.11. The maximum Gasteiger partial charge on any atom is 0.225 e. The third-order valence-corrected chi connectivity index (χ3v) is 4.10. The highest BCUT2D eigenvalue weighted by molar-refractivity contribution is 5.31. The Bertz CT molecular complexity index is 409. The minimum atomic E-state index is 0.553. The molecule has 3 heterocycles. The number of methoxy groups -OCH3 is 1. The highest BCUT2D eigenvalue weighted by Gasteiger charge is 2.39. The van der Waals surface area contributed by atoms with Crippen LogP contribution >= 0.6 is 0 Å². The molecule has 3 rings (SSSR count). The fraction of sp³-hybridized carbons (Fsp3) is 0.692. The van der Waals surface area contributed by atoms with Gasteiger partial charge in [0.25, 0.3) is 0 Å². The van der Waals surface area contributed by atoms with Gasteiger partial charge in [-0.05, 0) is 24.3 Å². The van der Waals surface area contributed by atoms with E-state index < -0.39 is 0 Å². The average molecular weight is 248 g/mol. The van der Waals surface area contributed by atoms with E-state index in [1.807, 2.05) is 12.3 Å². The first-order chi connectivity index (χ1) is 8.81. The molecule has 2 aliphatic rings. The smallest absolute Gasteiger partial charge is 0.225 e. The Morgan fingerprint density at radius 3 is 2.78 bits per heavy atom. The Labute approximate surface area is 108 Å². The van der Waals surface area contributed by atoms with Gasteiger partial charge in [-0.25, -0.2) is 9.97 Å². The lowest BCUT2D eigenvalue weighted by molar-refractivity contribution is 0.125. The summed E-state index contributed by atoms with van der Waals surface area (Å²) >= 11 is 0. The summed E-state index contributed by atoms with van der Waals surface area (Å²) in [6.07, 6.45) is 4.32. The molecule has 18 heavy (non-hydrogen) atoms. The minimum Gasteiger partial charge on any atom is -0.378 e. The molecule has 5 heteroatoms. The standard InChI is InChI=1S/C13H20N4O/c1-18-8-11-2-5-15-12(16-11)17-6-3-13(4-7-17)9-14-10-13/h2,5,14H,3-4,6-10H2,1H3. The second-order valence-corrected chi connectivity index (χ2v) is 5.37. The van der Waals surface area contributed by atoms with Crippen molar-refractivity contribution < 1.29 is 4.74 Å². The van der Waals surface area contributed by atoms with Gasteiger partial charge in [0.2, 0.25) is 5.95 Å². The maximum atomic E-state index is 5.11. The van der Waals surface area contributed by atoms with Gasteiger partial charge in [0, 0.05) is 39.5 Å². The zero-order valence-electron chi connectivity index (χ0n) is 10.9. The van der Waals surface area contributed by atoms with E-state index >= 15 is 0 Å². The Kier molecular flexibility index (Phi) is 3.18. The van der Waals surface area contributed by atoms with Gasteiger partial charge in [0.15, 0.2) is 0 Å². The van der Waals surface area contributed by atoms with E-state index in [2.05, 4.69) is 20.2 Å². The average Bonchev–Trinajstić information content (AvgIpc) is 2.38. The largest absolute Gasteiger partial charge is 0.378 e. The summed E-state index contributed by atoms with van der Waals surface area (Å²) in [6, 6.07) is 1.91. The molecule has 0 radical (unpaired) electrons. The van der Waals surface area contributed by atoms with Crippen LogP contribution in [0, 0.1) is 5.41 Å². The van der Waals surface area contributed by atoms with Crippen LogP contribution in [0.3, 0.4) is 0 Å². The quantitative estimate of drug-likeness (QED) is 0.858. The minimum absolute atomic E-state index is 0.553. The van der Waals surface area contributed by atoms with E-state index in [1.54, 1.807) is 7.11 Å². The molecule has 1 aromatic rings. The van der Waals surface area contributed by atoms with Crippen molar-refractivity contribution >= 4 is 5.95 Å². The van der Waals surface area contributed by atoms with Crippen molar-refractivity contribution in [3.8, 4) is 0 Å². The number of nitrogens with one attached hydrogen (secondary N) is 1. The molecular weight excluding hydrogens is 228 g/mol. The Balaban J connectivity index is 1.66. The molecule has 2 saturated heterocycles. The maximum absolute atomic E-state index is 5.11. The van der Waals surface area contributed by atoms with Gasteiger partial charge in [-0.2, -0.15) is 0 Å². The van der Waals surface area contributed by atoms with Crippen molar-refractivity contribution in [2.75, 3.05) is 38.2 Å². The van der Waals surface area contributed by atoms with Gasteiger partial charge >= 0.3 is 0 Å². The van der Waals surface area contributed by atoms with E-state index in [0.29, 0.717) is 12.0 Å². The second kappa shape index (κ2) is 4.82. The van der Waals surface area contributed by atoms with Gasteiger partial charge in [0.05, 0.1) is 12.3 Å². The zero-order valence-corrected chi connectivity index (χ0v) is 10.9. The van der Waals surface area contributed by atoms with Crippen LogP contribution in [-0.2, 0) is 11.3 Å². The number of anilines is 1. The van der Waals surface area contributed by atoms with Crippen LogP contribution < -0.4 is 10.2 Å². The van der Waals surface area contributed by atoms with E-state index in [0.717, 1.165) is 24.7 Å². The number of aromatic nitrogens is 2. The molecule has 1 N–H and O–H groups in total. The third-order valence-electron chi connectivity index (χ3n) is 4.10. The van der Waals surface area contributed by atoms with Crippen LogP contribution in [0.15, 0.2) is 12.3 Å². The van der Waals surface area contributed by atoms with Gasteiger partial charge in [-0.15, -0.1) is 0 Å². The fourth-order valence-electron chi connectivity index (χ4n) is 2.78. The van der Waals surface area contributed by atoms with Crippen LogP contribution in [0.2, 0.25) is 0 Å². The summed E-state index contributed by atoms with van der Waals surface area (Å²) in [6.45, 7) is 5.06. The summed E-state index contributed by atoms with van der Waals surface area (Å²) in [4.78, 5) is 11.2. The first kappa shape index (κ1) is 11.9. The van der Waals surface area contributed by atoms with Crippen LogP contribution in [0.5, 0.6) is 0 Å². The number of ether oxygens (including phenoxy) is 1. The topological polar surface area (TPSA) is 50.3 Å². The number of nitrogens with zero attached hydrogens (tertiary/aromatic N) is 3. The van der Waals surface area contributed by atoms with Crippen LogP contribution in [0.25, 0.3) is 0 Å². The molecular formula is C13H20N4O. The molecule has 2 aliphatic heterocycles. The molecule has 5 nitrogen and oxygen atoms in total. The van der Waals surface area contributed by atoms with E-state index in [1.165, 1.54) is 25.9 Å². The summed E-state index contributed by atoms with van der Waals surface area (Å²) in [5.74, 6) is 0.853. The monoisotopic (exact) mass is 248 g/mol. The second-order valence-electron chi connectivity index (χ2n) is 5.37. The van der Waals surface area contributed by atoms with Crippen LogP contribution in [0.4, 0.5) is 5.95 Å². The molecule has 0 aromatic carbocycles. The fourth-order valence-corrected chi connectivity index (χ4v) is 2.78. The highest BCUT2D eigenvalue weighted by Crippen LogP contribution is 2.35. The number of rotatable bonds is 3. The summed E-state index contributed by atoms with van der Waals surface area (Å²) in [5, 5.41) is 3.39. The molecule has 2 fully saturated rings. The van der Waals surface area contributed by atoms with E-state index in [-0.39, 0.29) is 0 Å². The third kappa shape index (κ3) is 2.20.